The molecule has 2 aromatic heterocycles. The van der Waals surface area contributed by atoms with Crippen molar-refractivity contribution in [1.82, 2.24) is 10.2 Å². The van der Waals surface area contributed by atoms with Gasteiger partial charge in [-0.25, -0.2) is 0 Å². The van der Waals surface area contributed by atoms with Crippen LogP contribution in [0.15, 0.2) is 99.0 Å². The highest BCUT2D eigenvalue weighted by Crippen LogP contribution is 2.44. The van der Waals surface area contributed by atoms with Gasteiger partial charge in [0.25, 0.3) is 5.91 Å². The van der Waals surface area contributed by atoms with Gasteiger partial charge in [-0.05, 0) is 41.5 Å². The summed E-state index contributed by atoms with van der Waals surface area (Å²) in [4.78, 5) is 28.4. The van der Waals surface area contributed by atoms with E-state index in [-0.39, 0.29) is 16.5 Å². The van der Waals surface area contributed by atoms with Crippen LogP contribution in [0.5, 0.6) is 0 Å². The lowest BCUT2D eigenvalue weighted by atomic mass is 9.95. The molecule has 1 amide bonds. The van der Waals surface area contributed by atoms with Crippen LogP contribution in [0.2, 0.25) is 10.0 Å². The van der Waals surface area contributed by atoms with E-state index >= 15 is 0 Å². The van der Waals surface area contributed by atoms with Gasteiger partial charge in [0.2, 0.25) is 10.9 Å². The molecule has 0 saturated heterocycles. The molecule has 1 aliphatic rings. The van der Waals surface area contributed by atoms with Crippen LogP contribution in [0.3, 0.4) is 0 Å². The fourth-order valence-electron chi connectivity index (χ4n) is 4.33. The van der Waals surface area contributed by atoms with Crippen molar-refractivity contribution in [3.05, 3.63) is 117 Å². The van der Waals surface area contributed by atoms with E-state index in [1.807, 2.05) is 36.4 Å². The van der Waals surface area contributed by atoms with Crippen LogP contribution >= 0.6 is 46.3 Å². The lowest BCUT2D eigenvalue weighted by Crippen LogP contribution is -2.31. The average Bonchev–Trinajstić information content (AvgIpc) is 3.65. The molecule has 0 saturated carbocycles. The molecule has 7 nitrogen and oxygen atoms in total. The first-order valence-corrected chi connectivity index (χ1v) is 14.2. The first-order valence-electron chi connectivity index (χ1n) is 11.7. The number of furan rings is 1. The van der Waals surface area contributed by atoms with E-state index in [4.69, 9.17) is 27.6 Å². The van der Waals surface area contributed by atoms with Crippen molar-refractivity contribution in [2.75, 3.05) is 4.90 Å². The number of halogens is 2. The summed E-state index contributed by atoms with van der Waals surface area (Å²) in [6.07, 6.45) is 0. The summed E-state index contributed by atoms with van der Waals surface area (Å²) >= 11 is 15.0. The molecule has 0 radical (unpaired) electrons. The van der Waals surface area contributed by atoms with Crippen molar-refractivity contribution in [2.45, 2.75) is 16.1 Å². The molecular weight excluding hydrogens is 577 g/mol. The third-order valence-electron chi connectivity index (χ3n) is 6.20. The number of thioether (sulfide) groups is 1. The number of aliphatic hydroxyl groups excluding tert-OH is 1. The molecule has 1 atom stereocenters. The Kier molecular flexibility index (Phi) is 6.90. The number of fused-ring (bicyclic) bond motifs is 1. The summed E-state index contributed by atoms with van der Waals surface area (Å²) in [7, 11) is 0. The van der Waals surface area contributed by atoms with Gasteiger partial charge in [-0.3, -0.25) is 14.5 Å². The number of rotatable bonds is 7. The number of aliphatic hydroxyl groups is 1. The molecule has 39 heavy (non-hydrogen) atoms. The number of ketones is 1. The van der Waals surface area contributed by atoms with Crippen LogP contribution in [0.25, 0.3) is 11.0 Å². The highest BCUT2D eigenvalue weighted by Gasteiger charge is 2.46. The molecule has 1 N–H and O–H groups in total. The van der Waals surface area contributed by atoms with E-state index in [1.165, 1.54) is 28.0 Å². The summed E-state index contributed by atoms with van der Waals surface area (Å²) in [5, 5.41) is 21.6. The van der Waals surface area contributed by atoms with Gasteiger partial charge in [0.15, 0.2) is 15.9 Å². The minimum absolute atomic E-state index is 0.0135. The van der Waals surface area contributed by atoms with Crippen LogP contribution in [-0.2, 0) is 10.5 Å². The molecule has 11 heteroatoms. The molecule has 6 rings (SSSR count). The number of para-hydroxylation sites is 1. The monoisotopic (exact) mass is 593 g/mol. The van der Waals surface area contributed by atoms with Gasteiger partial charge >= 0.3 is 0 Å². The van der Waals surface area contributed by atoms with Crippen LogP contribution in [0.4, 0.5) is 5.13 Å². The zero-order chi connectivity index (χ0) is 27.1. The second-order valence-electron chi connectivity index (χ2n) is 8.60. The minimum atomic E-state index is -0.968. The normalized spacial score (nSPS) is 15.5. The maximum absolute atomic E-state index is 13.7. The molecule has 0 bridgehead atoms. The van der Waals surface area contributed by atoms with E-state index in [1.54, 1.807) is 42.5 Å². The maximum atomic E-state index is 13.7. The fourth-order valence-corrected chi connectivity index (χ4v) is 6.61. The van der Waals surface area contributed by atoms with Crippen molar-refractivity contribution in [3.8, 4) is 0 Å². The Morgan fingerprint density at radius 3 is 2.54 bits per heavy atom. The topological polar surface area (TPSA) is 96.5 Å². The Morgan fingerprint density at radius 1 is 1.03 bits per heavy atom. The van der Waals surface area contributed by atoms with Gasteiger partial charge in [0.1, 0.15) is 5.58 Å². The predicted octanol–water partition coefficient (Wildman–Crippen LogP) is 7.67. The number of anilines is 1. The van der Waals surface area contributed by atoms with Crippen LogP contribution in [0.1, 0.15) is 27.7 Å². The Labute approximate surface area is 240 Å². The summed E-state index contributed by atoms with van der Waals surface area (Å²) in [5.41, 5.74) is 1.92. The minimum Gasteiger partial charge on any atom is -0.503 e. The van der Waals surface area contributed by atoms with E-state index < -0.39 is 23.5 Å². The average molecular weight is 595 g/mol. The van der Waals surface area contributed by atoms with E-state index in [2.05, 4.69) is 10.2 Å². The molecule has 0 spiro atoms. The summed E-state index contributed by atoms with van der Waals surface area (Å²) in [6, 6.07) is 22.0. The smallest absolute Gasteiger partial charge is 0.296 e. The number of benzene rings is 3. The Hall–Kier alpha value is -3.63. The zero-order valence-electron chi connectivity index (χ0n) is 19.9. The summed E-state index contributed by atoms with van der Waals surface area (Å²) < 4.78 is 6.37. The van der Waals surface area contributed by atoms with Crippen molar-refractivity contribution < 1.29 is 19.1 Å². The SMILES string of the molecule is O=C(C1=C(O)C(=O)N(c2nnc(SCc3ccccc3Cl)s2)C1c1ccc(Cl)cc1)c1cc2ccccc2o1. The number of aromatic nitrogens is 2. The van der Waals surface area contributed by atoms with Gasteiger partial charge in [0.05, 0.1) is 11.6 Å². The molecule has 5 aromatic rings. The second kappa shape index (κ2) is 10.5. The number of hydrogen-bond acceptors (Lipinski definition) is 8. The molecule has 3 heterocycles. The molecule has 1 unspecified atom stereocenters. The third kappa shape index (κ3) is 4.83. The lowest BCUT2D eigenvalue weighted by Gasteiger charge is -2.23. The maximum Gasteiger partial charge on any atom is 0.296 e. The van der Waals surface area contributed by atoms with E-state index in [9.17, 15) is 14.7 Å². The van der Waals surface area contributed by atoms with Gasteiger partial charge in [-0.2, -0.15) is 0 Å². The van der Waals surface area contributed by atoms with Crippen LogP contribution < -0.4 is 4.90 Å². The molecular formula is C28H17Cl2N3O4S2. The van der Waals surface area contributed by atoms with E-state index in [0.717, 1.165) is 10.9 Å². The van der Waals surface area contributed by atoms with E-state index in [0.29, 0.717) is 31.3 Å². The largest absolute Gasteiger partial charge is 0.503 e. The standard InChI is InChI=1S/C28H17Cl2N3O4S2/c29-18-11-9-15(10-12-18)23-22(24(34)21-13-16-5-2-4-8-20(16)37-21)25(35)26(36)33(23)27-31-32-28(39-27)38-14-17-6-1-3-7-19(17)30/h1-13,23,35H,14H2. The van der Waals surface area contributed by atoms with Crippen molar-refractivity contribution in [2.24, 2.45) is 0 Å². The fraction of sp³-hybridized carbons (Fsp3) is 0.0714. The second-order valence-corrected chi connectivity index (χ2v) is 11.6. The first kappa shape index (κ1) is 25.6. The first-order chi connectivity index (χ1) is 18.9. The number of hydrogen-bond donors (Lipinski definition) is 1. The zero-order valence-corrected chi connectivity index (χ0v) is 23.0. The van der Waals surface area contributed by atoms with Gasteiger partial charge < -0.3 is 9.52 Å². The Balaban J connectivity index is 1.36. The van der Waals surface area contributed by atoms with Gasteiger partial charge in [-0.15, -0.1) is 10.2 Å². The van der Waals surface area contributed by atoms with Crippen LogP contribution in [-0.4, -0.2) is 27.0 Å². The summed E-state index contributed by atoms with van der Waals surface area (Å²) in [5.74, 6) is -1.45. The Morgan fingerprint density at radius 2 is 1.77 bits per heavy atom. The van der Waals surface area contributed by atoms with Crippen molar-refractivity contribution in [3.63, 3.8) is 0 Å². The molecule has 1 aliphatic heterocycles. The molecule has 3 aromatic carbocycles. The van der Waals surface area contributed by atoms with Gasteiger partial charge in [0, 0.05) is 21.2 Å². The summed E-state index contributed by atoms with van der Waals surface area (Å²) in [6.45, 7) is 0. The number of carbonyl (C=O) groups is 2. The lowest BCUT2D eigenvalue weighted by molar-refractivity contribution is -0.117. The number of carbonyl (C=O) groups excluding carboxylic acids is 2. The highest BCUT2D eigenvalue weighted by atomic mass is 35.5. The third-order valence-corrected chi connectivity index (χ3v) is 8.92. The quantitative estimate of drug-likeness (QED) is 0.117. The number of nitrogens with zero attached hydrogens (tertiary/aromatic N) is 3. The predicted molar refractivity (Wildman–Crippen MR) is 153 cm³/mol. The molecule has 0 fully saturated rings. The van der Waals surface area contributed by atoms with Gasteiger partial charge in [-0.1, -0.05) is 94.8 Å². The number of amides is 1. The highest BCUT2D eigenvalue weighted by molar-refractivity contribution is 8.00. The number of Topliss-reactive ketones (excluding diaryl/α,β-unsaturated/α-hetero) is 1. The molecule has 0 aliphatic carbocycles. The molecule has 194 valence electrons. The van der Waals surface area contributed by atoms with Crippen molar-refractivity contribution in [1.29, 1.82) is 0 Å². The van der Waals surface area contributed by atoms with Crippen LogP contribution in [0, 0.1) is 0 Å². The Bertz CT molecular complexity index is 1730. The van der Waals surface area contributed by atoms with Crippen molar-refractivity contribution >= 4 is 74.1 Å².